The Bertz CT molecular complexity index is 684. The van der Waals surface area contributed by atoms with Crippen molar-refractivity contribution in [2.45, 2.75) is 12.5 Å². The van der Waals surface area contributed by atoms with Crippen molar-refractivity contribution in [2.24, 2.45) is 0 Å². The molecule has 0 spiro atoms. The number of morpholine rings is 1. The van der Waals surface area contributed by atoms with E-state index in [0.717, 1.165) is 12.6 Å². The van der Waals surface area contributed by atoms with Gasteiger partial charge >= 0.3 is 0 Å². The van der Waals surface area contributed by atoms with Crippen molar-refractivity contribution in [2.75, 3.05) is 25.1 Å². The maximum atomic E-state index is 13.2. The van der Waals surface area contributed by atoms with E-state index in [-0.39, 0.29) is 30.8 Å². The highest BCUT2D eigenvalue weighted by molar-refractivity contribution is 5.90. The smallest absolute Gasteiger partial charge is 0.227 e. The van der Waals surface area contributed by atoms with E-state index in [1.807, 2.05) is 0 Å². The summed E-state index contributed by atoms with van der Waals surface area (Å²) < 4.78 is 31.7. The number of hydrogen-bond acceptors (Lipinski definition) is 4. The van der Waals surface area contributed by atoms with Gasteiger partial charge in [0.1, 0.15) is 11.6 Å². The van der Waals surface area contributed by atoms with Crippen LogP contribution in [0.5, 0.6) is 0 Å². The van der Waals surface area contributed by atoms with E-state index in [1.165, 1.54) is 18.2 Å². The molecule has 1 aromatic heterocycles. The molecule has 2 aromatic rings. The minimum Gasteiger partial charge on any atom is -0.378 e. The van der Waals surface area contributed by atoms with E-state index in [9.17, 15) is 13.6 Å². The zero-order chi connectivity index (χ0) is 16.2. The highest BCUT2D eigenvalue weighted by atomic mass is 35.5. The van der Waals surface area contributed by atoms with Crippen LogP contribution >= 0.6 is 12.4 Å². The Morgan fingerprint density at radius 3 is 2.71 bits per heavy atom. The summed E-state index contributed by atoms with van der Waals surface area (Å²) in [6, 6.07) is 4.66. The number of hydrogen-bond donors (Lipinski definition) is 3. The molecule has 1 saturated heterocycles. The molecule has 130 valence electrons. The minimum absolute atomic E-state index is 0. The van der Waals surface area contributed by atoms with Gasteiger partial charge < -0.3 is 15.4 Å². The van der Waals surface area contributed by atoms with Crippen molar-refractivity contribution in [1.82, 2.24) is 15.5 Å². The third kappa shape index (κ3) is 4.73. The van der Waals surface area contributed by atoms with Gasteiger partial charge in [-0.3, -0.25) is 9.89 Å². The van der Waals surface area contributed by atoms with Crippen molar-refractivity contribution < 1.29 is 18.3 Å². The Balaban J connectivity index is 0.00000208. The monoisotopic (exact) mass is 358 g/mol. The third-order valence-electron chi connectivity index (χ3n) is 3.45. The Kier molecular flexibility index (Phi) is 6.24. The number of halogens is 3. The number of ether oxygens (including phenoxy) is 1. The second-order valence-electron chi connectivity index (χ2n) is 5.30. The fourth-order valence-electron chi connectivity index (χ4n) is 2.41. The van der Waals surface area contributed by atoms with Gasteiger partial charge in [0.05, 0.1) is 18.9 Å². The Hall–Kier alpha value is -2.03. The summed E-state index contributed by atoms with van der Waals surface area (Å²) in [6.45, 7) is 1.85. The van der Waals surface area contributed by atoms with Crippen LogP contribution in [0.25, 0.3) is 11.3 Å². The van der Waals surface area contributed by atoms with Crippen LogP contribution in [0, 0.1) is 11.6 Å². The first-order valence-corrected chi connectivity index (χ1v) is 7.23. The molecule has 1 aliphatic rings. The fraction of sp³-hybridized carbons (Fsp3) is 0.333. The van der Waals surface area contributed by atoms with Gasteiger partial charge in [-0.2, -0.15) is 5.10 Å². The third-order valence-corrected chi connectivity index (χ3v) is 3.45. The lowest BCUT2D eigenvalue weighted by Crippen LogP contribution is -2.43. The summed E-state index contributed by atoms with van der Waals surface area (Å²) in [4.78, 5) is 12.0. The number of benzene rings is 1. The highest BCUT2D eigenvalue weighted by Crippen LogP contribution is 2.22. The number of rotatable bonds is 4. The largest absolute Gasteiger partial charge is 0.378 e. The molecule has 9 heteroatoms. The lowest BCUT2D eigenvalue weighted by molar-refractivity contribution is -0.117. The van der Waals surface area contributed by atoms with Crippen LogP contribution in [0.1, 0.15) is 6.42 Å². The number of anilines is 1. The van der Waals surface area contributed by atoms with Crippen LogP contribution in [-0.2, 0) is 9.53 Å². The lowest BCUT2D eigenvalue weighted by Gasteiger charge is -2.22. The predicted octanol–water partition coefficient (Wildman–Crippen LogP) is 2.09. The van der Waals surface area contributed by atoms with E-state index in [1.54, 1.807) is 0 Å². The number of aromatic amines is 1. The van der Waals surface area contributed by atoms with Crippen LogP contribution in [0.2, 0.25) is 0 Å². The van der Waals surface area contributed by atoms with Gasteiger partial charge in [0.2, 0.25) is 5.91 Å². The van der Waals surface area contributed by atoms with Crippen molar-refractivity contribution in [3.05, 3.63) is 35.9 Å². The van der Waals surface area contributed by atoms with Gasteiger partial charge in [-0.05, 0) is 12.1 Å². The van der Waals surface area contributed by atoms with Gasteiger partial charge in [-0.15, -0.1) is 12.4 Å². The highest BCUT2D eigenvalue weighted by Gasteiger charge is 2.17. The number of carbonyl (C=O) groups excluding carboxylic acids is 1. The normalized spacial score (nSPS) is 17.2. The molecule has 6 nitrogen and oxygen atoms in total. The van der Waals surface area contributed by atoms with Crippen LogP contribution in [0.3, 0.4) is 0 Å². The molecule has 0 radical (unpaired) electrons. The maximum Gasteiger partial charge on any atom is 0.227 e. The van der Waals surface area contributed by atoms with E-state index < -0.39 is 11.6 Å². The molecule has 3 rings (SSSR count). The van der Waals surface area contributed by atoms with E-state index in [4.69, 9.17) is 4.74 Å². The van der Waals surface area contributed by atoms with Gasteiger partial charge in [-0.25, -0.2) is 8.78 Å². The standard InChI is InChI=1S/C15H16F2N4O2.ClH/c16-10-3-9(4-11(17)5-10)13-7-14(21-20-13)19-15(22)6-12-8-23-2-1-18-12;/h3-5,7,12,18H,1-2,6,8H2,(H2,19,20,21,22);1H. The van der Waals surface area contributed by atoms with Crippen LogP contribution in [0.15, 0.2) is 24.3 Å². The molecule has 1 aromatic carbocycles. The van der Waals surface area contributed by atoms with Crippen molar-refractivity contribution in [1.29, 1.82) is 0 Å². The second-order valence-corrected chi connectivity index (χ2v) is 5.30. The van der Waals surface area contributed by atoms with Crippen LogP contribution in [0.4, 0.5) is 14.6 Å². The Morgan fingerprint density at radius 2 is 2.04 bits per heavy atom. The van der Waals surface area contributed by atoms with Crippen molar-refractivity contribution in [3.63, 3.8) is 0 Å². The molecule has 0 bridgehead atoms. The molecule has 0 aliphatic carbocycles. The van der Waals surface area contributed by atoms with E-state index in [0.29, 0.717) is 30.3 Å². The van der Waals surface area contributed by atoms with Gasteiger partial charge in [0.15, 0.2) is 5.82 Å². The summed E-state index contributed by atoms with van der Waals surface area (Å²) >= 11 is 0. The van der Waals surface area contributed by atoms with Crippen LogP contribution < -0.4 is 10.6 Å². The van der Waals surface area contributed by atoms with E-state index >= 15 is 0 Å². The molecule has 24 heavy (non-hydrogen) atoms. The molecule has 1 atom stereocenters. The fourth-order valence-corrected chi connectivity index (χ4v) is 2.41. The molecule has 2 heterocycles. The number of aromatic nitrogens is 2. The molecule has 1 aliphatic heterocycles. The summed E-state index contributed by atoms with van der Waals surface area (Å²) in [5.74, 6) is -1.27. The first kappa shape index (κ1) is 18.3. The molecule has 3 N–H and O–H groups in total. The number of nitrogens with one attached hydrogen (secondary N) is 3. The lowest BCUT2D eigenvalue weighted by atomic mass is 10.1. The van der Waals surface area contributed by atoms with Crippen molar-refractivity contribution >= 4 is 24.1 Å². The topological polar surface area (TPSA) is 79.0 Å². The molecule has 0 saturated carbocycles. The number of H-pyrrole nitrogens is 1. The van der Waals surface area contributed by atoms with E-state index in [2.05, 4.69) is 20.8 Å². The average Bonchev–Trinajstić information content (AvgIpc) is 2.95. The molecular formula is C15H17ClF2N4O2. The minimum atomic E-state index is -0.677. The van der Waals surface area contributed by atoms with Crippen molar-refractivity contribution in [3.8, 4) is 11.3 Å². The summed E-state index contributed by atoms with van der Waals surface area (Å²) in [7, 11) is 0. The SMILES string of the molecule is Cl.O=C(CC1COCCN1)Nc1cc(-c2cc(F)cc(F)c2)[nH]n1. The molecule has 1 unspecified atom stereocenters. The number of amides is 1. The number of nitrogens with zero attached hydrogens (tertiary/aromatic N) is 1. The first-order valence-electron chi connectivity index (χ1n) is 7.23. The zero-order valence-corrected chi connectivity index (χ0v) is 13.5. The Labute approximate surface area is 143 Å². The molecular weight excluding hydrogens is 342 g/mol. The Morgan fingerprint density at radius 1 is 1.29 bits per heavy atom. The van der Waals surface area contributed by atoms with Gasteiger partial charge in [0, 0.05) is 36.7 Å². The summed E-state index contributed by atoms with van der Waals surface area (Å²) in [6.07, 6.45) is 0.261. The summed E-state index contributed by atoms with van der Waals surface area (Å²) in [5.41, 5.74) is 0.732. The van der Waals surface area contributed by atoms with Gasteiger partial charge in [0.25, 0.3) is 0 Å². The molecule has 1 amide bonds. The predicted molar refractivity (Wildman–Crippen MR) is 87.0 cm³/mol. The quantitative estimate of drug-likeness (QED) is 0.782. The van der Waals surface area contributed by atoms with Gasteiger partial charge in [-0.1, -0.05) is 0 Å². The second kappa shape index (κ2) is 8.18. The summed E-state index contributed by atoms with van der Waals surface area (Å²) in [5, 5.41) is 12.4. The maximum absolute atomic E-state index is 13.2. The first-order chi connectivity index (χ1) is 11.1. The zero-order valence-electron chi connectivity index (χ0n) is 12.6. The van der Waals surface area contributed by atoms with Crippen LogP contribution in [-0.4, -0.2) is 41.9 Å². The molecule has 1 fully saturated rings. The average molecular weight is 359 g/mol. The number of carbonyl (C=O) groups is 1.